The highest BCUT2D eigenvalue weighted by Crippen LogP contribution is 2.43. The molecule has 4 rings (SSSR count). The predicted molar refractivity (Wildman–Crippen MR) is 106 cm³/mol. The Kier molecular flexibility index (Phi) is 5.76. The van der Waals surface area contributed by atoms with Gasteiger partial charge < -0.3 is 14.7 Å². The smallest absolute Gasteiger partial charge is 0.312 e. The third kappa shape index (κ3) is 4.26. The number of ether oxygens (including phenoxy) is 1. The maximum absolute atomic E-state index is 12.7. The van der Waals surface area contributed by atoms with Gasteiger partial charge in [-0.2, -0.15) is 5.10 Å². The summed E-state index contributed by atoms with van der Waals surface area (Å²) >= 11 is 0. The van der Waals surface area contributed by atoms with E-state index < -0.39 is 0 Å². The first-order valence-corrected chi connectivity index (χ1v) is 10.8. The van der Waals surface area contributed by atoms with Crippen LogP contribution in [0.5, 0.6) is 0 Å². The SMILES string of the molecule is Cc1cc(C)n(CCN2CCC3(CC2)CC(CN2CCC(O)CC2)OC3=O)n1. The van der Waals surface area contributed by atoms with Crippen molar-refractivity contribution >= 4 is 5.97 Å². The second-order valence-corrected chi connectivity index (χ2v) is 9.04. The number of aromatic nitrogens is 2. The number of esters is 1. The quantitative estimate of drug-likeness (QED) is 0.766. The van der Waals surface area contributed by atoms with Gasteiger partial charge in [0.05, 0.1) is 23.8 Å². The minimum absolute atomic E-state index is 0.0176. The molecule has 1 atom stereocenters. The van der Waals surface area contributed by atoms with Crippen LogP contribution in [0.15, 0.2) is 6.07 Å². The lowest BCUT2D eigenvalue weighted by molar-refractivity contribution is -0.151. The normalized spacial score (nSPS) is 26.8. The monoisotopic (exact) mass is 390 g/mol. The average Bonchev–Trinajstić information content (AvgIpc) is 3.15. The average molecular weight is 391 g/mol. The largest absolute Gasteiger partial charge is 0.461 e. The molecule has 3 saturated heterocycles. The number of piperidine rings is 2. The molecule has 0 aromatic carbocycles. The van der Waals surface area contributed by atoms with E-state index in [9.17, 15) is 9.90 Å². The molecule has 1 unspecified atom stereocenters. The first-order chi connectivity index (χ1) is 13.4. The molecule has 3 fully saturated rings. The van der Waals surface area contributed by atoms with Crippen molar-refractivity contribution in [3.63, 3.8) is 0 Å². The summed E-state index contributed by atoms with van der Waals surface area (Å²) in [5.41, 5.74) is 2.01. The zero-order valence-corrected chi connectivity index (χ0v) is 17.3. The second-order valence-electron chi connectivity index (χ2n) is 9.04. The van der Waals surface area contributed by atoms with E-state index in [4.69, 9.17) is 4.74 Å². The highest BCUT2D eigenvalue weighted by atomic mass is 16.6. The van der Waals surface area contributed by atoms with Crippen molar-refractivity contribution in [1.82, 2.24) is 19.6 Å². The summed E-state index contributed by atoms with van der Waals surface area (Å²) < 4.78 is 7.87. The van der Waals surface area contributed by atoms with Crippen LogP contribution in [0.4, 0.5) is 0 Å². The standard InChI is InChI=1S/C21H34N4O3/c1-16-13-17(2)25(22-16)12-11-23-9-5-21(6-10-23)14-19(28-20(21)27)15-24-7-3-18(26)4-8-24/h13,18-19,26H,3-12,14-15H2,1-2H3. The van der Waals surface area contributed by atoms with Crippen LogP contribution in [0.25, 0.3) is 0 Å². The number of hydrogen-bond donors (Lipinski definition) is 1. The van der Waals surface area contributed by atoms with E-state index >= 15 is 0 Å². The summed E-state index contributed by atoms with van der Waals surface area (Å²) in [6.45, 7) is 10.6. The molecule has 3 aliphatic rings. The number of nitrogens with zero attached hydrogens (tertiary/aromatic N) is 4. The van der Waals surface area contributed by atoms with E-state index in [1.165, 1.54) is 5.69 Å². The fourth-order valence-electron chi connectivity index (χ4n) is 5.08. The fourth-order valence-corrected chi connectivity index (χ4v) is 5.08. The van der Waals surface area contributed by atoms with Crippen LogP contribution in [0.2, 0.25) is 0 Å². The van der Waals surface area contributed by atoms with Crippen LogP contribution in [0.3, 0.4) is 0 Å². The Morgan fingerprint density at radius 1 is 1.14 bits per heavy atom. The molecular weight excluding hydrogens is 356 g/mol. The topological polar surface area (TPSA) is 70.8 Å². The molecule has 3 aliphatic heterocycles. The molecule has 0 saturated carbocycles. The summed E-state index contributed by atoms with van der Waals surface area (Å²) in [5.74, 6) is 0.0211. The molecule has 1 N–H and O–H groups in total. The Labute approximate surface area is 167 Å². The number of carbonyl (C=O) groups is 1. The van der Waals surface area contributed by atoms with Crippen molar-refractivity contribution in [3.8, 4) is 0 Å². The molecule has 1 aromatic heterocycles. The van der Waals surface area contributed by atoms with Crippen LogP contribution in [0.1, 0.15) is 43.5 Å². The summed E-state index contributed by atoms with van der Waals surface area (Å²) in [6, 6.07) is 2.11. The van der Waals surface area contributed by atoms with Gasteiger partial charge >= 0.3 is 5.97 Å². The third-order valence-electron chi connectivity index (χ3n) is 6.89. The van der Waals surface area contributed by atoms with Crippen LogP contribution in [-0.4, -0.2) is 82.1 Å². The number of likely N-dealkylation sites (tertiary alicyclic amines) is 2. The van der Waals surface area contributed by atoms with Crippen molar-refractivity contribution in [3.05, 3.63) is 17.5 Å². The van der Waals surface area contributed by atoms with Gasteiger partial charge in [0.15, 0.2) is 0 Å². The molecular formula is C21H34N4O3. The third-order valence-corrected chi connectivity index (χ3v) is 6.89. The molecule has 0 amide bonds. The number of rotatable bonds is 5. The van der Waals surface area contributed by atoms with Gasteiger partial charge in [-0.1, -0.05) is 0 Å². The van der Waals surface area contributed by atoms with Crippen LogP contribution >= 0.6 is 0 Å². The molecule has 1 spiro atoms. The number of carbonyl (C=O) groups excluding carboxylic acids is 1. The van der Waals surface area contributed by atoms with Gasteiger partial charge in [0.25, 0.3) is 0 Å². The molecule has 4 heterocycles. The van der Waals surface area contributed by atoms with Crippen molar-refractivity contribution < 1.29 is 14.6 Å². The van der Waals surface area contributed by atoms with E-state index in [-0.39, 0.29) is 23.6 Å². The first-order valence-electron chi connectivity index (χ1n) is 10.8. The van der Waals surface area contributed by atoms with Gasteiger partial charge in [0.2, 0.25) is 0 Å². The van der Waals surface area contributed by atoms with Gasteiger partial charge in [-0.05, 0) is 58.7 Å². The number of aryl methyl sites for hydroxylation is 2. The molecule has 0 bridgehead atoms. The molecule has 1 aromatic rings. The summed E-state index contributed by atoms with van der Waals surface area (Å²) in [6.07, 6.45) is 4.18. The molecule has 28 heavy (non-hydrogen) atoms. The second kappa shape index (κ2) is 8.13. The highest BCUT2D eigenvalue weighted by Gasteiger charge is 2.50. The van der Waals surface area contributed by atoms with E-state index in [0.29, 0.717) is 0 Å². The van der Waals surface area contributed by atoms with Gasteiger partial charge in [0.1, 0.15) is 6.10 Å². The van der Waals surface area contributed by atoms with Crippen LogP contribution < -0.4 is 0 Å². The summed E-state index contributed by atoms with van der Waals surface area (Å²) in [4.78, 5) is 17.5. The van der Waals surface area contributed by atoms with E-state index in [2.05, 4.69) is 32.6 Å². The van der Waals surface area contributed by atoms with Gasteiger partial charge in [-0.25, -0.2) is 0 Å². The number of aliphatic hydroxyl groups excluding tert-OH is 1. The Bertz CT molecular complexity index is 688. The molecule has 156 valence electrons. The van der Waals surface area contributed by atoms with Gasteiger partial charge in [-0.3, -0.25) is 14.4 Å². The zero-order valence-electron chi connectivity index (χ0n) is 17.3. The minimum Gasteiger partial charge on any atom is -0.461 e. The molecule has 7 nitrogen and oxygen atoms in total. The Morgan fingerprint density at radius 3 is 2.50 bits per heavy atom. The maximum atomic E-state index is 12.7. The lowest BCUT2D eigenvalue weighted by Gasteiger charge is -2.36. The lowest BCUT2D eigenvalue weighted by atomic mass is 9.76. The molecule has 7 heteroatoms. The Balaban J connectivity index is 1.25. The molecule has 0 radical (unpaired) electrons. The van der Waals surface area contributed by atoms with Crippen LogP contribution in [0, 0.1) is 19.3 Å². The fraction of sp³-hybridized carbons (Fsp3) is 0.810. The zero-order chi connectivity index (χ0) is 19.7. The predicted octanol–water partition coefficient (Wildman–Crippen LogP) is 1.35. The number of cyclic esters (lactones) is 1. The molecule has 0 aliphatic carbocycles. The number of aliphatic hydroxyl groups is 1. The summed E-state index contributed by atoms with van der Waals surface area (Å²) in [5, 5.41) is 14.2. The van der Waals surface area contributed by atoms with Gasteiger partial charge in [0, 0.05) is 38.3 Å². The Morgan fingerprint density at radius 2 is 1.86 bits per heavy atom. The lowest BCUT2D eigenvalue weighted by Crippen LogP contribution is -2.44. The van der Waals surface area contributed by atoms with Crippen molar-refractivity contribution in [2.75, 3.05) is 39.3 Å². The van der Waals surface area contributed by atoms with Crippen LogP contribution in [-0.2, 0) is 16.1 Å². The number of hydrogen-bond acceptors (Lipinski definition) is 6. The minimum atomic E-state index is -0.269. The Hall–Kier alpha value is -1.44. The summed E-state index contributed by atoms with van der Waals surface area (Å²) in [7, 11) is 0. The van der Waals surface area contributed by atoms with Crippen molar-refractivity contribution in [1.29, 1.82) is 0 Å². The van der Waals surface area contributed by atoms with Crippen molar-refractivity contribution in [2.24, 2.45) is 5.41 Å². The van der Waals surface area contributed by atoms with Gasteiger partial charge in [-0.15, -0.1) is 0 Å². The van der Waals surface area contributed by atoms with Crippen molar-refractivity contribution in [2.45, 2.75) is 64.7 Å². The van der Waals surface area contributed by atoms with E-state index in [1.54, 1.807) is 0 Å². The highest BCUT2D eigenvalue weighted by molar-refractivity contribution is 5.79. The van der Waals surface area contributed by atoms with E-state index in [0.717, 1.165) is 83.6 Å². The van der Waals surface area contributed by atoms with E-state index in [1.807, 2.05) is 6.92 Å². The first kappa shape index (κ1) is 19.9. The maximum Gasteiger partial charge on any atom is 0.312 e.